The van der Waals surface area contributed by atoms with Crippen molar-refractivity contribution >= 4 is 17.9 Å². The number of unbranched alkanes of at least 4 members (excludes halogenated alkanes) is 29. The van der Waals surface area contributed by atoms with E-state index >= 15 is 0 Å². The van der Waals surface area contributed by atoms with Crippen molar-refractivity contribution in [1.29, 1.82) is 0 Å². The van der Waals surface area contributed by atoms with Gasteiger partial charge in [0.15, 0.2) is 12.4 Å². The van der Waals surface area contributed by atoms with Crippen molar-refractivity contribution in [2.75, 3.05) is 47.5 Å². The van der Waals surface area contributed by atoms with E-state index in [0.29, 0.717) is 17.4 Å². The van der Waals surface area contributed by atoms with Gasteiger partial charge in [-0.05, 0) is 89.9 Å². The molecule has 86 heavy (non-hydrogen) atoms. The zero-order valence-electron chi connectivity index (χ0n) is 56.1. The highest BCUT2D eigenvalue weighted by molar-refractivity contribution is 5.70. The van der Waals surface area contributed by atoms with Crippen LogP contribution in [0.5, 0.6) is 0 Å². The molecule has 0 fully saturated rings. The Bertz CT molecular complexity index is 1830. The van der Waals surface area contributed by atoms with Gasteiger partial charge in [0.25, 0.3) is 0 Å². The molecule has 2 atom stereocenters. The fourth-order valence-electron chi connectivity index (χ4n) is 9.63. The smallest absolute Gasteiger partial charge is 0.306 e. The number of hydrogen-bond acceptors (Lipinski definition) is 8. The number of quaternary nitrogens is 1. The number of hydrogen-bond donors (Lipinski definition) is 0. The van der Waals surface area contributed by atoms with E-state index in [1.165, 1.54) is 148 Å². The summed E-state index contributed by atoms with van der Waals surface area (Å²) >= 11 is 0. The quantitative estimate of drug-likeness (QED) is 0.0195. The van der Waals surface area contributed by atoms with Crippen LogP contribution < -0.4 is 5.11 Å². The highest BCUT2D eigenvalue weighted by Crippen LogP contribution is 2.17. The number of rotatable bonds is 64. The van der Waals surface area contributed by atoms with E-state index < -0.39 is 24.3 Å². The number of likely N-dealkylation sites (N-methyl/N-ethyl adjacent to an activating group) is 1. The zero-order valence-corrected chi connectivity index (χ0v) is 56.1. The Balaban J connectivity index is 4.16. The second kappa shape index (κ2) is 66.6. The van der Waals surface area contributed by atoms with Crippen molar-refractivity contribution in [1.82, 2.24) is 0 Å². The van der Waals surface area contributed by atoms with E-state index in [4.69, 9.17) is 18.9 Å². The van der Waals surface area contributed by atoms with Gasteiger partial charge in [0.05, 0.1) is 40.3 Å². The van der Waals surface area contributed by atoms with Crippen LogP contribution in [0.2, 0.25) is 0 Å². The van der Waals surface area contributed by atoms with Gasteiger partial charge >= 0.3 is 11.9 Å². The molecule has 0 rings (SSSR count). The van der Waals surface area contributed by atoms with Gasteiger partial charge in [0.1, 0.15) is 13.2 Å². The Morgan fingerprint density at radius 2 is 0.663 bits per heavy atom. The number of carboxylic acid groups (broad SMARTS) is 1. The molecule has 9 nitrogen and oxygen atoms in total. The third kappa shape index (κ3) is 67.2. The first-order valence-electron chi connectivity index (χ1n) is 35.2. The number of allylic oxidation sites excluding steroid dienone is 20. The maximum Gasteiger partial charge on any atom is 0.306 e. The first kappa shape index (κ1) is 81.7. The summed E-state index contributed by atoms with van der Waals surface area (Å²) in [6.07, 6.45) is 91.3. The van der Waals surface area contributed by atoms with Gasteiger partial charge in [0.2, 0.25) is 0 Å². The molecule has 0 radical (unpaired) electrons. The predicted molar refractivity (Wildman–Crippen MR) is 366 cm³/mol. The van der Waals surface area contributed by atoms with Gasteiger partial charge in [-0.3, -0.25) is 9.59 Å². The highest BCUT2D eigenvalue weighted by Gasteiger charge is 2.22. The van der Waals surface area contributed by atoms with Crippen molar-refractivity contribution in [2.45, 2.75) is 302 Å². The molecule has 0 aliphatic carbocycles. The third-order valence-corrected chi connectivity index (χ3v) is 15.0. The van der Waals surface area contributed by atoms with E-state index in [-0.39, 0.29) is 38.6 Å². The van der Waals surface area contributed by atoms with Crippen molar-refractivity contribution < 1.29 is 42.9 Å². The summed E-state index contributed by atoms with van der Waals surface area (Å²) in [5, 5.41) is 11.8. The molecule has 0 N–H and O–H groups in total. The summed E-state index contributed by atoms with van der Waals surface area (Å²) in [5.74, 6) is -2.29. The van der Waals surface area contributed by atoms with E-state index in [2.05, 4.69) is 135 Å². The Kier molecular flexibility index (Phi) is 63.3. The average Bonchev–Trinajstić information content (AvgIpc) is 3.63. The monoisotopic (exact) mass is 1200 g/mol. The van der Waals surface area contributed by atoms with Crippen LogP contribution in [0.4, 0.5) is 0 Å². The normalized spacial score (nSPS) is 13.5. The SMILES string of the molecule is CC/C=C\C/C=C\C/C=C\C/C=C\C/C=C\C/C=C\C/C=C\C/C=C\C/C=C\C/C=C\CCCCCCCCCCC(=O)OC(COC(=O)CCCCCCCCCCCCCCCCCCCCCCCC)COC(OCC[N+](C)(C)C)C(=O)[O-]. The van der Waals surface area contributed by atoms with Gasteiger partial charge in [-0.25, -0.2) is 0 Å². The van der Waals surface area contributed by atoms with Crippen LogP contribution >= 0.6 is 0 Å². The molecule has 0 saturated heterocycles. The number of carbonyl (C=O) groups excluding carboxylic acids is 3. The predicted octanol–water partition coefficient (Wildman–Crippen LogP) is 20.6. The summed E-state index contributed by atoms with van der Waals surface area (Å²) in [7, 11) is 5.92. The molecule has 9 heteroatoms. The third-order valence-electron chi connectivity index (χ3n) is 15.0. The van der Waals surface area contributed by atoms with Gasteiger partial charge in [0, 0.05) is 12.8 Å². The summed E-state index contributed by atoms with van der Waals surface area (Å²) in [4.78, 5) is 37.5. The Morgan fingerprint density at radius 1 is 0.360 bits per heavy atom. The molecule has 0 aliphatic heterocycles. The van der Waals surface area contributed by atoms with E-state index in [1.807, 2.05) is 21.1 Å². The van der Waals surface area contributed by atoms with Gasteiger partial charge < -0.3 is 33.3 Å². The molecule has 492 valence electrons. The number of carboxylic acids is 1. The molecule has 0 aliphatic rings. The number of esters is 2. The highest BCUT2D eigenvalue weighted by atomic mass is 16.7. The summed E-state index contributed by atoms with van der Waals surface area (Å²) in [6.45, 7) is 4.65. The number of nitrogens with zero attached hydrogens (tertiary/aromatic N) is 1. The lowest BCUT2D eigenvalue weighted by Crippen LogP contribution is -2.44. The molecule has 0 amide bonds. The van der Waals surface area contributed by atoms with Crippen LogP contribution in [0.25, 0.3) is 0 Å². The number of carbonyl (C=O) groups is 3. The topological polar surface area (TPSA) is 111 Å². The van der Waals surface area contributed by atoms with Crippen LogP contribution in [0.1, 0.15) is 290 Å². The lowest BCUT2D eigenvalue weighted by molar-refractivity contribution is -0.870. The van der Waals surface area contributed by atoms with Crippen LogP contribution in [-0.4, -0.2) is 82.3 Å². The van der Waals surface area contributed by atoms with Crippen molar-refractivity contribution in [3.8, 4) is 0 Å². The van der Waals surface area contributed by atoms with Gasteiger partial charge in [-0.15, -0.1) is 0 Å². The molecule has 0 heterocycles. The fraction of sp³-hybridized carbons (Fsp3) is 0.701. The first-order valence-corrected chi connectivity index (χ1v) is 35.2. The Morgan fingerprint density at radius 3 is 0.988 bits per heavy atom. The minimum absolute atomic E-state index is 0.142. The van der Waals surface area contributed by atoms with Crippen LogP contribution in [0.3, 0.4) is 0 Å². The van der Waals surface area contributed by atoms with Crippen molar-refractivity contribution in [3.05, 3.63) is 122 Å². The molecular weight excluding hydrogens is 1070 g/mol. The maximum atomic E-state index is 12.9. The zero-order chi connectivity index (χ0) is 62.6. The molecule has 0 spiro atoms. The summed E-state index contributed by atoms with van der Waals surface area (Å²) in [5.41, 5.74) is 0. The van der Waals surface area contributed by atoms with Gasteiger partial charge in [-0.1, -0.05) is 309 Å². The fourth-order valence-corrected chi connectivity index (χ4v) is 9.63. The lowest BCUT2D eigenvalue weighted by Gasteiger charge is -2.26. The molecule has 0 saturated carbocycles. The second-order valence-electron chi connectivity index (χ2n) is 24.4. The van der Waals surface area contributed by atoms with Crippen LogP contribution in [0, 0.1) is 0 Å². The largest absolute Gasteiger partial charge is 0.545 e. The van der Waals surface area contributed by atoms with Gasteiger partial charge in [-0.2, -0.15) is 0 Å². The van der Waals surface area contributed by atoms with Crippen molar-refractivity contribution in [2.24, 2.45) is 0 Å². The van der Waals surface area contributed by atoms with E-state index in [0.717, 1.165) is 109 Å². The first-order chi connectivity index (χ1) is 42.1. The average molecular weight is 1200 g/mol. The maximum absolute atomic E-state index is 12.9. The van der Waals surface area contributed by atoms with Crippen molar-refractivity contribution in [3.63, 3.8) is 0 Å². The second-order valence-corrected chi connectivity index (χ2v) is 24.4. The minimum atomic E-state index is -1.63. The molecule has 0 aromatic carbocycles. The standard InChI is InChI=1S/C77H131NO8/c1-6-8-10-12-14-16-18-20-22-24-26-28-30-31-32-33-34-35-36-37-38-39-40-41-42-43-44-45-46-48-50-52-54-56-58-60-62-64-66-68-75(80)86-73(72-85-77(76(81)82)83-70-69-78(3,4)5)71-84-74(79)67-65-63-61-59-57-55-53-51-49-47-29-27-25-23-21-19-17-15-13-11-9-7-2/h8,10,14,16,20,22,26,28,31-32,34-35,37-38,40-41,43-44,46,48,73,77H,6-7,9,11-13,15,17-19,21,23-25,27,29-30,33,36,39,42,45,47,49-72H2,1-5H3/b10-8-,16-14-,22-20-,28-26-,32-31-,35-34-,38-37-,41-40-,44-43-,48-46-. The molecule has 0 aromatic heterocycles. The molecular formula is C77H131NO8. The van der Waals surface area contributed by atoms with Crippen LogP contribution in [0.15, 0.2) is 122 Å². The van der Waals surface area contributed by atoms with Crippen LogP contribution in [-0.2, 0) is 33.3 Å². The minimum Gasteiger partial charge on any atom is -0.545 e. The van der Waals surface area contributed by atoms with E-state index in [1.54, 1.807) is 0 Å². The number of aliphatic carboxylic acids is 1. The summed E-state index contributed by atoms with van der Waals surface area (Å²) in [6, 6.07) is 0. The molecule has 0 bridgehead atoms. The van der Waals surface area contributed by atoms with E-state index in [9.17, 15) is 19.5 Å². The number of ether oxygens (including phenoxy) is 4. The summed E-state index contributed by atoms with van der Waals surface area (Å²) < 4.78 is 22.8. The Hall–Kier alpha value is -4.31. The molecule has 0 aromatic rings. The lowest BCUT2D eigenvalue weighted by atomic mass is 10.0. The Labute approximate surface area is 529 Å². The molecule has 2 unspecified atom stereocenters.